The van der Waals surface area contributed by atoms with Gasteiger partial charge in [-0.25, -0.2) is 0 Å². The van der Waals surface area contributed by atoms with Gasteiger partial charge in [-0.05, 0) is 42.9 Å². The van der Waals surface area contributed by atoms with Crippen molar-refractivity contribution in [1.82, 2.24) is 0 Å². The Morgan fingerprint density at radius 3 is 2.64 bits per heavy atom. The van der Waals surface area contributed by atoms with Crippen molar-refractivity contribution in [3.63, 3.8) is 0 Å². The van der Waals surface area contributed by atoms with E-state index < -0.39 is 18.1 Å². The fraction of sp³-hybridized carbons (Fsp3) is 0.467. The molecule has 0 aromatic heterocycles. The van der Waals surface area contributed by atoms with Crippen LogP contribution in [0.15, 0.2) is 18.2 Å². The van der Waals surface area contributed by atoms with Gasteiger partial charge in [0.15, 0.2) is 0 Å². The van der Waals surface area contributed by atoms with Gasteiger partial charge >= 0.3 is 18.1 Å². The van der Waals surface area contributed by atoms with Crippen molar-refractivity contribution in [3.8, 4) is 0 Å². The summed E-state index contributed by atoms with van der Waals surface area (Å²) in [5.74, 6) is -2.72. The molecule has 1 heterocycles. The molecule has 0 aliphatic carbocycles. The zero-order valence-corrected chi connectivity index (χ0v) is 11.8. The van der Waals surface area contributed by atoms with Crippen LogP contribution in [0.25, 0.3) is 0 Å². The van der Waals surface area contributed by atoms with Crippen LogP contribution in [-0.4, -0.2) is 29.7 Å². The molecule has 0 spiro atoms. The van der Waals surface area contributed by atoms with Crippen molar-refractivity contribution >= 4 is 17.6 Å². The molecule has 1 amide bonds. The quantitative estimate of drug-likeness (QED) is 0.929. The standard InChI is InChI=1S/C15H16F3NO3/c16-15(17,18)14(22)19-8-2-4-11-9-10(6-7-12(11)19)3-1-5-13(20)21/h6-7,9H,1-5,8H2,(H,20,21). The van der Waals surface area contributed by atoms with Gasteiger partial charge in [-0.1, -0.05) is 12.1 Å². The molecule has 1 aliphatic heterocycles. The van der Waals surface area contributed by atoms with Crippen LogP contribution in [-0.2, 0) is 22.4 Å². The molecule has 1 aliphatic rings. The highest BCUT2D eigenvalue weighted by Gasteiger charge is 2.43. The van der Waals surface area contributed by atoms with Crippen LogP contribution in [0.2, 0.25) is 0 Å². The smallest absolute Gasteiger partial charge is 0.471 e. The van der Waals surface area contributed by atoms with Crippen LogP contribution in [0, 0.1) is 0 Å². The van der Waals surface area contributed by atoms with Crippen molar-refractivity contribution in [3.05, 3.63) is 29.3 Å². The van der Waals surface area contributed by atoms with Gasteiger partial charge in [0.25, 0.3) is 0 Å². The van der Waals surface area contributed by atoms with Crippen LogP contribution in [0.1, 0.15) is 30.4 Å². The average molecular weight is 315 g/mol. The van der Waals surface area contributed by atoms with Gasteiger partial charge in [0, 0.05) is 18.7 Å². The van der Waals surface area contributed by atoms with Crippen molar-refractivity contribution in [2.24, 2.45) is 0 Å². The number of carboxylic acid groups (broad SMARTS) is 1. The number of amides is 1. The topological polar surface area (TPSA) is 57.6 Å². The Labute approximate surface area is 125 Å². The summed E-state index contributed by atoms with van der Waals surface area (Å²) in [5.41, 5.74) is 1.88. The molecule has 0 atom stereocenters. The summed E-state index contributed by atoms with van der Waals surface area (Å²) < 4.78 is 37.8. The van der Waals surface area contributed by atoms with E-state index in [2.05, 4.69) is 0 Å². The number of carbonyl (C=O) groups is 2. The number of benzene rings is 1. The molecule has 120 valence electrons. The number of halogens is 3. The summed E-state index contributed by atoms with van der Waals surface area (Å²) >= 11 is 0. The molecule has 4 nitrogen and oxygen atoms in total. The maximum Gasteiger partial charge on any atom is 0.471 e. The van der Waals surface area contributed by atoms with Crippen LogP contribution >= 0.6 is 0 Å². The molecule has 0 saturated carbocycles. The summed E-state index contributed by atoms with van der Waals surface area (Å²) in [5, 5.41) is 8.60. The Kier molecular flexibility index (Phi) is 4.73. The number of hydrogen-bond donors (Lipinski definition) is 1. The molecule has 2 rings (SSSR count). The number of anilines is 1. The number of carboxylic acids is 1. The third kappa shape index (κ3) is 3.78. The molecule has 0 fully saturated rings. The van der Waals surface area contributed by atoms with E-state index in [4.69, 9.17) is 5.11 Å². The number of rotatable bonds is 4. The van der Waals surface area contributed by atoms with E-state index in [1.807, 2.05) is 0 Å². The van der Waals surface area contributed by atoms with Crippen LogP contribution in [0.4, 0.5) is 18.9 Å². The third-order valence-corrected chi connectivity index (χ3v) is 3.61. The van der Waals surface area contributed by atoms with Gasteiger partial charge in [0.2, 0.25) is 0 Å². The largest absolute Gasteiger partial charge is 0.481 e. The minimum atomic E-state index is -4.88. The number of fused-ring (bicyclic) bond motifs is 1. The van der Waals surface area contributed by atoms with Crippen LogP contribution in [0.3, 0.4) is 0 Å². The van der Waals surface area contributed by atoms with Crippen LogP contribution in [0.5, 0.6) is 0 Å². The lowest BCUT2D eigenvalue weighted by molar-refractivity contribution is -0.170. The lowest BCUT2D eigenvalue weighted by atomic mass is 9.97. The maximum absolute atomic E-state index is 12.6. The van der Waals surface area contributed by atoms with E-state index in [9.17, 15) is 22.8 Å². The average Bonchev–Trinajstić information content (AvgIpc) is 2.44. The molecule has 0 radical (unpaired) electrons. The Morgan fingerprint density at radius 1 is 1.27 bits per heavy atom. The normalized spacial score (nSPS) is 14.6. The zero-order chi connectivity index (χ0) is 16.3. The molecule has 1 aromatic rings. The van der Waals surface area contributed by atoms with E-state index in [1.54, 1.807) is 12.1 Å². The summed E-state index contributed by atoms with van der Waals surface area (Å²) in [6, 6.07) is 4.95. The molecule has 0 bridgehead atoms. The van der Waals surface area contributed by atoms with Crippen LogP contribution < -0.4 is 4.90 Å². The number of nitrogens with zero attached hydrogens (tertiary/aromatic N) is 1. The molecular weight excluding hydrogens is 299 g/mol. The number of alkyl halides is 3. The van der Waals surface area contributed by atoms with E-state index in [0.717, 1.165) is 10.5 Å². The summed E-state index contributed by atoms with van der Waals surface area (Å²) in [4.78, 5) is 22.7. The Morgan fingerprint density at radius 2 is 2.00 bits per heavy atom. The lowest BCUT2D eigenvalue weighted by Gasteiger charge is -2.30. The first-order valence-corrected chi connectivity index (χ1v) is 7.01. The summed E-state index contributed by atoms with van der Waals surface area (Å²) in [6.45, 7) is 0.0592. The Balaban J connectivity index is 2.16. The molecule has 0 saturated heterocycles. The highest BCUT2D eigenvalue weighted by molar-refractivity contribution is 5.98. The molecule has 1 aromatic carbocycles. The third-order valence-electron chi connectivity index (χ3n) is 3.61. The van der Waals surface area contributed by atoms with Gasteiger partial charge in [0.05, 0.1) is 0 Å². The molecule has 22 heavy (non-hydrogen) atoms. The predicted octanol–water partition coefficient (Wildman–Crippen LogP) is 2.94. The van der Waals surface area contributed by atoms with E-state index >= 15 is 0 Å². The summed E-state index contributed by atoms with van der Waals surface area (Å²) in [7, 11) is 0. The van der Waals surface area contributed by atoms with Gasteiger partial charge in [-0.2, -0.15) is 13.2 Å². The van der Waals surface area contributed by atoms with Gasteiger partial charge in [-0.15, -0.1) is 0 Å². The first kappa shape index (κ1) is 16.3. The van der Waals surface area contributed by atoms with Crippen molar-refractivity contribution < 1.29 is 27.9 Å². The first-order chi connectivity index (χ1) is 10.3. The Hall–Kier alpha value is -2.05. The second-order valence-corrected chi connectivity index (χ2v) is 5.27. The second kappa shape index (κ2) is 6.37. The van der Waals surface area contributed by atoms with E-state index in [0.29, 0.717) is 36.9 Å². The van der Waals surface area contributed by atoms with Gasteiger partial charge in [-0.3, -0.25) is 9.59 Å². The van der Waals surface area contributed by atoms with Crippen molar-refractivity contribution in [2.45, 2.75) is 38.3 Å². The number of aliphatic carboxylic acids is 1. The van der Waals surface area contributed by atoms with Crippen molar-refractivity contribution in [2.75, 3.05) is 11.4 Å². The lowest BCUT2D eigenvalue weighted by Crippen LogP contribution is -2.43. The Bertz CT molecular complexity index is 584. The minimum absolute atomic E-state index is 0.0514. The monoisotopic (exact) mass is 315 g/mol. The fourth-order valence-electron chi connectivity index (χ4n) is 2.61. The highest BCUT2D eigenvalue weighted by Crippen LogP contribution is 2.32. The van der Waals surface area contributed by atoms with Gasteiger partial charge in [0.1, 0.15) is 0 Å². The zero-order valence-electron chi connectivity index (χ0n) is 11.8. The molecule has 0 unspecified atom stereocenters. The van der Waals surface area contributed by atoms with E-state index in [1.165, 1.54) is 6.07 Å². The predicted molar refractivity (Wildman–Crippen MR) is 73.7 cm³/mol. The SMILES string of the molecule is O=C(O)CCCc1ccc2c(c1)CCCN2C(=O)C(F)(F)F. The van der Waals surface area contributed by atoms with E-state index in [-0.39, 0.29) is 13.0 Å². The highest BCUT2D eigenvalue weighted by atomic mass is 19.4. The minimum Gasteiger partial charge on any atom is -0.481 e. The molecule has 1 N–H and O–H groups in total. The molecule has 7 heteroatoms. The number of carbonyl (C=O) groups excluding carboxylic acids is 1. The van der Waals surface area contributed by atoms with Gasteiger partial charge < -0.3 is 10.0 Å². The number of hydrogen-bond acceptors (Lipinski definition) is 2. The molecular formula is C15H16F3NO3. The first-order valence-electron chi connectivity index (χ1n) is 7.01. The maximum atomic E-state index is 12.6. The van der Waals surface area contributed by atoms with Crippen molar-refractivity contribution in [1.29, 1.82) is 0 Å². The summed E-state index contributed by atoms with van der Waals surface area (Å²) in [6.07, 6.45) is -2.71. The second-order valence-electron chi connectivity index (χ2n) is 5.27. The number of aryl methyl sites for hydroxylation is 2. The fourth-order valence-corrected chi connectivity index (χ4v) is 2.61.